The minimum Gasteiger partial charge on any atom is -0.377 e. The number of nitrogens with one attached hydrogen (secondary N) is 1. The van der Waals surface area contributed by atoms with Crippen molar-refractivity contribution < 1.29 is 4.74 Å². The first-order valence-corrected chi connectivity index (χ1v) is 5.67. The monoisotopic (exact) mass is 209 g/mol. The lowest BCUT2D eigenvalue weighted by atomic mass is 10.2. The highest BCUT2D eigenvalue weighted by atomic mass is 16.5. The topological polar surface area (TPSA) is 39.1 Å². The summed E-state index contributed by atoms with van der Waals surface area (Å²) >= 11 is 0. The summed E-state index contributed by atoms with van der Waals surface area (Å²) in [6.45, 7) is 5.00. The van der Waals surface area contributed by atoms with Crippen LogP contribution >= 0.6 is 0 Å². The van der Waals surface area contributed by atoms with E-state index in [1.54, 1.807) is 0 Å². The summed E-state index contributed by atoms with van der Waals surface area (Å²) < 4.78 is 7.52. The number of ether oxygens (including phenoxy) is 1. The van der Waals surface area contributed by atoms with Gasteiger partial charge in [-0.25, -0.2) is 0 Å². The summed E-state index contributed by atoms with van der Waals surface area (Å²) in [7, 11) is 0. The van der Waals surface area contributed by atoms with Crippen LogP contribution in [0.15, 0.2) is 18.5 Å². The number of aromatic nitrogens is 2. The van der Waals surface area contributed by atoms with Crippen molar-refractivity contribution in [3.63, 3.8) is 0 Å². The first kappa shape index (κ1) is 10.6. The largest absolute Gasteiger partial charge is 0.377 e. The minimum atomic E-state index is 0.404. The summed E-state index contributed by atoms with van der Waals surface area (Å²) in [5.74, 6) is 0. The predicted molar refractivity (Wildman–Crippen MR) is 58.8 cm³/mol. The minimum absolute atomic E-state index is 0.404. The van der Waals surface area contributed by atoms with Crippen LogP contribution in [0.4, 0.5) is 0 Å². The summed E-state index contributed by atoms with van der Waals surface area (Å²) in [5.41, 5.74) is 0. The van der Waals surface area contributed by atoms with Gasteiger partial charge in [-0.2, -0.15) is 5.10 Å². The highest BCUT2D eigenvalue weighted by molar-refractivity contribution is 4.81. The van der Waals surface area contributed by atoms with E-state index in [4.69, 9.17) is 4.74 Å². The quantitative estimate of drug-likeness (QED) is 0.792. The van der Waals surface area contributed by atoms with E-state index in [9.17, 15) is 0 Å². The van der Waals surface area contributed by atoms with E-state index in [1.807, 2.05) is 23.1 Å². The lowest BCUT2D eigenvalue weighted by Gasteiger charge is -2.15. The van der Waals surface area contributed by atoms with Gasteiger partial charge in [0, 0.05) is 32.1 Å². The summed E-state index contributed by atoms with van der Waals surface area (Å²) in [5, 5.41) is 7.64. The van der Waals surface area contributed by atoms with Gasteiger partial charge in [-0.15, -0.1) is 0 Å². The van der Waals surface area contributed by atoms with Crippen LogP contribution in [-0.2, 0) is 4.74 Å². The predicted octanol–water partition coefficient (Wildman–Crippen LogP) is 1.21. The van der Waals surface area contributed by atoms with Crippen molar-refractivity contribution in [3.05, 3.63) is 18.5 Å². The Bertz CT molecular complexity index is 267. The molecule has 4 nitrogen and oxygen atoms in total. The van der Waals surface area contributed by atoms with Crippen LogP contribution in [0.1, 0.15) is 25.8 Å². The number of rotatable bonds is 5. The molecule has 0 radical (unpaired) electrons. The molecule has 0 saturated carbocycles. The van der Waals surface area contributed by atoms with Gasteiger partial charge in [-0.05, 0) is 25.8 Å². The summed E-state index contributed by atoms with van der Waals surface area (Å²) in [6, 6.07) is 2.36. The molecule has 2 heterocycles. The van der Waals surface area contributed by atoms with E-state index < -0.39 is 0 Å². The fraction of sp³-hybridized carbons (Fsp3) is 0.727. The molecule has 0 aromatic carbocycles. The van der Waals surface area contributed by atoms with Gasteiger partial charge < -0.3 is 10.1 Å². The fourth-order valence-corrected chi connectivity index (χ4v) is 1.89. The molecule has 1 saturated heterocycles. The van der Waals surface area contributed by atoms with Crippen molar-refractivity contribution in [2.45, 2.75) is 31.9 Å². The second-order valence-corrected chi connectivity index (χ2v) is 4.13. The second kappa shape index (κ2) is 5.28. The summed E-state index contributed by atoms with van der Waals surface area (Å²) in [4.78, 5) is 0. The normalized spacial score (nSPS) is 23.1. The van der Waals surface area contributed by atoms with Crippen LogP contribution in [0.5, 0.6) is 0 Å². The van der Waals surface area contributed by atoms with Gasteiger partial charge in [0.05, 0.1) is 12.1 Å². The molecule has 1 N–H and O–H groups in total. The SMILES string of the molecule is CC(CNCC1CCCO1)n1cccn1. The third-order valence-corrected chi connectivity index (χ3v) is 2.81. The van der Waals surface area contributed by atoms with Crippen LogP contribution < -0.4 is 5.32 Å². The van der Waals surface area contributed by atoms with Gasteiger partial charge in [-0.1, -0.05) is 0 Å². The molecule has 1 aromatic heterocycles. The standard InChI is InChI=1S/C11H19N3O/c1-10(14-6-3-5-13-14)8-12-9-11-4-2-7-15-11/h3,5-6,10-12H,2,4,7-9H2,1H3. The van der Waals surface area contributed by atoms with Gasteiger partial charge in [-0.3, -0.25) is 4.68 Å². The maximum Gasteiger partial charge on any atom is 0.0700 e. The van der Waals surface area contributed by atoms with Crippen LogP contribution in [-0.4, -0.2) is 35.6 Å². The van der Waals surface area contributed by atoms with Crippen LogP contribution in [0.2, 0.25) is 0 Å². The van der Waals surface area contributed by atoms with Crippen molar-refractivity contribution >= 4 is 0 Å². The van der Waals surface area contributed by atoms with E-state index in [2.05, 4.69) is 17.3 Å². The van der Waals surface area contributed by atoms with Gasteiger partial charge >= 0.3 is 0 Å². The fourth-order valence-electron chi connectivity index (χ4n) is 1.89. The maximum atomic E-state index is 5.54. The average Bonchev–Trinajstić information content (AvgIpc) is 2.90. The molecule has 0 amide bonds. The van der Waals surface area contributed by atoms with Crippen LogP contribution in [0.25, 0.3) is 0 Å². The lowest BCUT2D eigenvalue weighted by Crippen LogP contribution is -2.31. The molecule has 2 atom stereocenters. The molecule has 15 heavy (non-hydrogen) atoms. The molecule has 2 rings (SSSR count). The molecular formula is C11H19N3O. The van der Waals surface area contributed by atoms with Gasteiger partial charge in [0.15, 0.2) is 0 Å². The third-order valence-electron chi connectivity index (χ3n) is 2.81. The van der Waals surface area contributed by atoms with E-state index in [0.717, 1.165) is 19.7 Å². The smallest absolute Gasteiger partial charge is 0.0700 e. The molecule has 4 heteroatoms. The van der Waals surface area contributed by atoms with Crippen molar-refractivity contribution in [1.82, 2.24) is 15.1 Å². The molecule has 1 aliphatic heterocycles. The first-order chi connectivity index (χ1) is 7.36. The summed E-state index contributed by atoms with van der Waals surface area (Å²) in [6.07, 6.45) is 6.65. The molecule has 84 valence electrons. The molecule has 2 unspecified atom stereocenters. The third kappa shape index (κ3) is 3.04. The Kier molecular flexibility index (Phi) is 3.75. The molecule has 1 aliphatic rings. The zero-order valence-electron chi connectivity index (χ0n) is 9.22. The van der Waals surface area contributed by atoms with Gasteiger partial charge in [0.2, 0.25) is 0 Å². The molecular weight excluding hydrogens is 190 g/mol. The van der Waals surface area contributed by atoms with E-state index in [1.165, 1.54) is 12.8 Å². The number of hydrogen-bond acceptors (Lipinski definition) is 3. The molecule has 0 bridgehead atoms. The van der Waals surface area contributed by atoms with Crippen molar-refractivity contribution in [1.29, 1.82) is 0 Å². The average molecular weight is 209 g/mol. The van der Waals surface area contributed by atoms with Crippen molar-refractivity contribution in [2.75, 3.05) is 19.7 Å². The van der Waals surface area contributed by atoms with Crippen molar-refractivity contribution in [3.8, 4) is 0 Å². The first-order valence-electron chi connectivity index (χ1n) is 5.67. The Morgan fingerprint density at radius 1 is 1.67 bits per heavy atom. The zero-order valence-corrected chi connectivity index (χ0v) is 9.22. The molecule has 0 aliphatic carbocycles. The van der Waals surface area contributed by atoms with Gasteiger partial charge in [0.25, 0.3) is 0 Å². The Morgan fingerprint density at radius 3 is 3.27 bits per heavy atom. The zero-order chi connectivity index (χ0) is 10.5. The maximum absolute atomic E-state index is 5.54. The second-order valence-electron chi connectivity index (χ2n) is 4.13. The Hall–Kier alpha value is -0.870. The Balaban J connectivity index is 1.65. The molecule has 1 fully saturated rings. The highest BCUT2D eigenvalue weighted by Crippen LogP contribution is 2.10. The molecule has 1 aromatic rings. The number of hydrogen-bond donors (Lipinski definition) is 1. The number of nitrogens with zero attached hydrogens (tertiary/aromatic N) is 2. The highest BCUT2D eigenvalue weighted by Gasteiger charge is 2.15. The van der Waals surface area contributed by atoms with E-state index in [0.29, 0.717) is 12.1 Å². The lowest BCUT2D eigenvalue weighted by molar-refractivity contribution is 0.109. The van der Waals surface area contributed by atoms with E-state index in [-0.39, 0.29) is 0 Å². The van der Waals surface area contributed by atoms with E-state index >= 15 is 0 Å². The Labute approximate surface area is 90.6 Å². The van der Waals surface area contributed by atoms with Crippen molar-refractivity contribution in [2.24, 2.45) is 0 Å². The Morgan fingerprint density at radius 2 is 2.60 bits per heavy atom. The van der Waals surface area contributed by atoms with Crippen LogP contribution in [0, 0.1) is 0 Å². The molecule has 0 spiro atoms. The van der Waals surface area contributed by atoms with Gasteiger partial charge in [0.1, 0.15) is 0 Å². The van der Waals surface area contributed by atoms with Crippen LogP contribution in [0.3, 0.4) is 0 Å².